The first-order valence-corrected chi connectivity index (χ1v) is 2.17. The van der Waals surface area contributed by atoms with Crippen LogP contribution in [0.15, 0.2) is 23.1 Å². The highest BCUT2D eigenvalue weighted by atomic mass is 16.1. The van der Waals surface area contributed by atoms with Gasteiger partial charge in [-0.05, 0) is 12.1 Å². The van der Waals surface area contributed by atoms with Crippen LogP contribution in [-0.4, -0.2) is 4.98 Å². The van der Waals surface area contributed by atoms with Crippen LogP contribution in [0.4, 0.5) is 5.69 Å². The largest absolute Gasteiger partial charge is 0.327 e. The van der Waals surface area contributed by atoms with Crippen molar-refractivity contribution in [1.29, 1.82) is 0 Å². The van der Waals surface area contributed by atoms with Gasteiger partial charge >= 0.3 is 0 Å². The second-order valence-electron chi connectivity index (χ2n) is 1.38. The van der Waals surface area contributed by atoms with Gasteiger partial charge in [0, 0.05) is 6.20 Å². The van der Waals surface area contributed by atoms with Crippen molar-refractivity contribution in [3.05, 3.63) is 28.7 Å². The Balaban J connectivity index is 3.35. The molecule has 0 saturated carbocycles. The second kappa shape index (κ2) is 1.69. The van der Waals surface area contributed by atoms with Crippen LogP contribution in [0.5, 0.6) is 0 Å². The summed E-state index contributed by atoms with van der Waals surface area (Å²) in [7, 11) is 0. The fourth-order valence-corrected chi connectivity index (χ4v) is 0.413. The molecule has 1 rings (SSSR count). The van der Waals surface area contributed by atoms with Gasteiger partial charge in [-0.2, -0.15) is 0 Å². The van der Waals surface area contributed by atoms with Crippen molar-refractivity contribution in [3.8, 4) is 0 Å². The van der Waals surface area contributed by atoms with Crippen molar-refractivity contribution in [2.45, 2.75) is 0 Å². The quantitative estimate of drug-likeness (QED) is 0.502. The fourth-order valence-electron chi connectivity index (χ4n) is 0.413. The van der Waals surface area contributed by atoms with Gasteiger partial charge in [0.1, 0.15) is 0 Å². The smallest absolute Gasteiger partial charge is 0.275 e. The van der Waals surface area contributed by atoms with Crippen LogP contribution >= 0.6 is 0 Å². The molecule has 2 radical (unpaired) electrons. The molecule has 0 bridgehead atoms. The molecule has 1 N–H and O–H groups in total. The minimum absolute atomic E-state index is 0.243. The van der Waals surface area contributed by atoms with E-state index >= 15 is 0 Å². The van der Waals surface area contributed by atoms with Crippen LogP contribution in [0.25, 0.3) is 0 Å². The van der Waals surface area contributed by atoms with Crippen molar-refractivity contribution in [2.75, 3.05) is 0 Å². The third-order valence-electron chi connectivity index (χ3n) is 0.797. The lowest BCUT2D eigenvalue weighted by Crippen LogP contribution is -2.03. The van der Waals surface area contributed by atoms with Crippen molar-refractivity contribution in [3.63, 3.8) is 0 Å². The minimum atomic E-state index is -0.451. The van der Waals surface area contributed by atoms with Crippen LogP contribution < -0.4 is 11.3 Å². The first-order chi connectivity index (χ1) is 3.80. The van der Waals surface area contributed by atoms with Gasteiger partial charge in [0.25, 0.3) is 5.56 Å². The zero-order valence-electron chi connectivity index (χ0n) is 4.09. The highest BCUT2D eigenvalue weighted by Crippen LogP contribution is 1.87. The number of nitrogens with one attached hydrogen (secondary N) is 1. The summed E-state index contributed by atoms with van der Waals surface area (Å²) in [6.45, 7) is 0. The molecule has 0 aromatic carbocycles. The zero-order valence-corrected chi connectivity index (χ0v) is 4.09. The number of H-pyrrole nitrogens is 1. The fraction of sp³-hybridized carbons (Fsp3) is 0. The molecule has 0 amide bonds. The number of rotatable bonds is 0. The third kappa shape index (κ3) is 0.703. The Morgan fingerprint density at radius 1 is 1.62 bits per heavy atom. The maximum Gasteiger partial charge on any atom is 0.275 e. The molecular formula is C5H4N2O. The Morgan fingerprint density at radius 3 is 2.75 bits per heavy atom. The number of nitrogens with zero attached hydrogens (tertiary/aromatic N) is 1. The van der Waals surface area contributed by atoms with Gasteiger partial charge in [-0.1, -0.05) is 0 Å². The van der Waals surface area contributed by atoms with Gasteiger partial charge in [0.05, 0.1) is 0 Å². The van der Waals surface area contributed by atoms with Crippen LogP contribution in [0.3, 0.4) is 0 Å². The summed E-state index contributed by atoms with van der Waals surface area (Å²) >= 11 is 0. The molecule has 1 heterocycles. The maximum absolute atomic E-state index is 10.3. The molecule has 0 saturated heterocycles. The summed E-state index contributed by atoms with van der Waals surface area (Å²) < 4.78 is 0. The number of aromatic amines is 1. The Kier molecular flexibility index (Phi) is 1.04. The lowest BCUT2D eigenvalue weighted by atomic mass is 10.4. The molecule has 0 unspecified atom stereocenters. The van der Waals surface area contributed by atoms with Crippen molar-refractivity contribution < 1.29 is 0 Å². The monoisotopic (exact) mass is 108 g/mol. The van der Waals surface area contributed by atoms with E-state index < -0.39 is 5.56 Å². The summed E-state index contributed by atoms with van der Waals surface area (Å²) in [6, 6.07) is 2.88. The maximum atomic E-state index is 10.3. The van der Waals surface area contributed by atoms with Crippen molar-refractivity contribution in [1.82, 2.24) is 10.7 Å². The Hall–Kier alpha value is -1.25. The van der Waals surface area contributed by atoms with Gasteiger partial charge in [-0.25, -0.2) is 0 Å². The number of aromatic nitrogens is 1. The average molecular weight is 108 g/mol. The van der Waals surface area contributed by atoms with E-state index in [2.05, 4.69) is 4.98 Å². The topological polar surface area (TPSA) is 55.2 Å². The first kappa shape index (κ1) is 4.90. The molecule has 1 aromatic heterocycles. The molecule has 8 heavy (non-hydrogen) atoms. The molecule has 0 atom stereocenters. The van der Waals surface area contributed by atoms with E-state index in [0.29, 0.717) is 0 Å². The second-order valence-corrected chi connectivity index (χ2v) is 1.38. The molecule has 3 nitrogen and oxygen atoms in total. The van der Waals surface area contributed by atoms with Gasteiger partial charge in [0.15, 0.2) is 5.69 Å². The molecule has 0 aliphatic heterocycles. The zero-order chi connectivity index (χ0) is 5.98. The van der Waals surface area contributed by atoms with Crippen molar-refractivity contribution >= 4 is 5.69 Å². The van der Waals surface area contributed by atoms with Crippen molar-refractivity contribution in [2.24, 2.45) is 0 Å². The van der Waals surface area contributed by atoms with Crippen LogP contribution in [0.1, 0.15) is 0 Å². The van der Waals surface area contributed by atoms with E-state index in [1.807, 2.05) is 0 Å². The molecule has 0 spiro atoms. The van der Waals surface area contributed by atoms with Gasteiger partial charge in [0.2, 0.25) is 0 Å². The first-order valence-electron chi connectivity index (χ1n) is 2.17. The normalized spacial score (nSPS) is 9.00. The van der Waals surface area contributed by atoms with Gasteiger partial charge < -0.3 is 4.98 Å². The predicted molar refractivity (Wildman–Crippen MR) is 28.9 cm³/mol. The number of hydrogen-bond acceptors (Lipinski definition) is 1. The summed E-state index contributed by atoms with van der Waals surface area (Å²) in [5.74, 6) is 0. The highest BCUT2D eigenvalue weighted by Gasteiger charge is 1.88. The summed E-state index contributed by atoms with van der Waals surface area (Å²) in [5, 5.41) is 0. The van der Waals surface area contributed by atoms with E-state index in [1.165, 1.54) is 12.3 Å². The average Bonchev–Trinajstić information content (AvgIpc) is 1.77. The van der Waals surface area contributed by atoms with E-state index in [1.54, 1.807) is 6.07 Å². The van der Waals surface area contributed by atoms with E-state index in [4.69, 9.17) is 5.73 Å². The summed E-state index contributed by atoms with van der Waals surface area (Å²) in [6.07, 6.45) is 1.46. The lowest BCUT2D eigenvalue weighted by molar-refractivity contribution is 1.21. The third-order valence-corrected chi connectivity index (χ3v) is 0.797. The van der Waals surface area contributed by atoms with E-state index in [9.17, 15) is 4.79 Å². The Bertz CT molecular complexity index is 228. The van der Waals surface area contributed by atoms with Crippen LogP contribution in [0, 0.1) is 0 Å². The standard InChI is InChI=1S/C5H4N2O/c6-4-2-1-3-7-5(4)8/h1-3H,(H,7,8). The van der Waals surface area contributed by atoms with Gasteiger partial charge in [-0.3, -0.25) is 4.79 Å². The lowest BCUT2D eigenvalue weighted by Gasteiger charge is -1.80. The SMILES string of the molecule is [N]c1ccc[nH]c1=O. The van der Waals surface area contributed by atoms with Gasteiger partial charge in [-0.15, -0.1) is 5.73 Å². The predicted octanol–water partition coefficient (Wildman–Crippen LogP) is 0.0751. The molecule has 40 valence electrons. The highest BCUT2D eigenvalue weighted by molar-refractivity contribution is 5.27. The molecule has 1 aromatic rings. The number of hydrogen-bond donors (Lipinski definition) is 1. The summed E-state index contributed by atoms with van der Waals surface area (Å²) in [5.41, 5.74) is 7.88. The van der Waals surface area contributed by atoms with E-state index in [-0.39, 0.29) is 5.69 Å². The van der Waals surface area contributed by atoms with E-state index in [0.717, 1.165) is 0 Å². The molecule has 0 fully saturated rings. The van der Waals surface area contributed by atoms with Crippen LogP contribution in [-0.2, 0) is 0 Å². The molecular weight excluding hydrogens is 104 g/mol. The van der Waals surface area contributed by atoms with Crippen LogP contribution in [0.2, 0.25) is 0 Å². The minimum Gasteiger partial charge on any atom is -0.327 e. The molecule has 3 heteroatoms. The molecule has 0 aliphatic rings. The number of pyridine rings is 1. The molecule has 0 aliphatic carbocycles. The Labute approximate surface area is 46.2 Å². The summed E-state index contributed by atoms with van der Waals surface area (Å²) in [4.78, 5) is 12.6. The Morgan fingerprint density at radius 2 is 2.38 bits per heavy atom.